The second kappa shape index (κ2) is 8.97. The molecule has 3 aromatic rings. The molecule has 1 aliphatic rings. The van der Waals surface area contributed by atoms with E-state index in [0.717, 1.165) is 55.8 Å². The molecule has 4 rings (SSSR count). The summed E-state index contributed by atoms with van der Waals surface area (Å²) in [5.41, 5.74) is 1.85. The topological polar surface area (TPSA) is 75.4 Å². The van der Waals surface area contributed by atoms with Gasteiger partial charge >= 0.3 is 0 Å². The maximum absolute atomic E-state index is 12.5. The molecule has 1 amide bonds. The smallest absolute Gasteiger partial charge is 0.223 e. The minimum Gasteiger partial charge on any atom is -0.356 e. The number of fused-ring (bicyclic) bond motifs is 1. The van der Waals surface area contributed by atoms with Crippen molar-refractivity contribution >= 4 is 40.6 Å². The van der Waals surface area contributed by atoms with Crippen LogP contribution in [0.5, 0.6) is 0 Å². The van der Waals surface area contributed by atoms with Crippen LogP contribution in [0.2, 0.25) is 10.0 Å². The van der Waals surface area contributed by atoms with E-state index in [1.807, 2.05) is 30.3 Å². The molecule has 1 N–H and O–H groups in total. The molecule has 9 heteroatoms. The van der Waals surface area contributed by atoms with Crippen LogP contribution in [0.4, 0.5) is 5.82 Å². The van der Waals surface area contributed by atoms with Crippen LogP contribution in [-0.2, 0) is 11.2 Å². The third-order valence-electron chi connectivity index (χ3n) is 5.26. The Labute approximate surface area is 179 Å². The van der Waals surface area contributed by atoms with Gasteiger partial charge in [0.1, 0.15) is 12.1 Å². The van der Waals surface area contributed by atoms with Crippen LogP contribution in [0, 0.1) is 5.92 Å². The summed E-state index contributed by atoms with van der Waals surface area (Å²) in [7, 11) is 0. The van der Waals surface area contributed by atoms with E-state index < -0.39 is 0 Å². The van der Waals surface area contributed by atoms with Crippen molar-refractivity contribution in [2.75, 3.05) is 24.5 Å². The molecule has 3 heterocycles. The van der Waals surface area contributed by atoms with Crippen LogP contribution in [0.1, 0.15) is 24.8 Å². The van der Waals surface area contributed by atoms with Gasteiger partial charge in [0, 0.05) is 25.6 Å². The van der Waals surface area contributed by atoms with Crippen LogP contribution < -0.4 is 10.2 Å². The molecule has 0 bridgehead atoms. The standard InChI is InChI=1S/C20H22Cl2N6O/c21-16-4-3-14(12-17(16)22)2-1-9-23-20(29)15-7-10-27(11-8-15)19-6-5-18-25-24-13-28(18)26-19/h3-6,12-13,15H,1-2,7-11H2,(H,23,29). The highest BCUT2D eigenvalue weighted by molar-refractivity contribution is 6.42. The average molecular weight is 433 g/mol. The van der Waals surface area contributed by atoms with Gasteiger partial charge in [-0.2, -0.15) is 4.52 Å². The summed E-state index contributed by atoms with van der Waals surface area (Å²) in [6.07, 6.45) is 4.95. The molecule has 0 unspecified atom stereocenters. The largest absolute Gasteiger partial charge is 0.356 e. The molecule has 152 valence electrons. The summed E-state index contributed by atoms with van der Waals surface area (Å²) < 4.78 is 1.67. The second-order valence-electron chi connectivity index (χ2n) is 7.23. The van der Waals surface area contributed by atoms with E-state index in [0.29, 0.717) is 16.6 Å². The zero-order chi connectivity index (χ0) is 20.2. The molecular formula is C20H22Cl2N6O. The maximum Gasteiger partial charge on any atom is 0.223 e. The lowest BCUT2D eigenvalue weighted by Gasteiger charge is -2.32. The Balaban J connectivity index is 1.21. The first-order chi connectivity index (χ1) is 14.1. The fourth-order valence-electron chi connectivity index (χ4n) is 3.60. The van der Waals surface area contributed by atoms with E-state index in [-0.39, 0.29) is 11.8 Å². The molecule has 7 nitrogen and oxygen atoms in total. The number of anilines is 1. The van der Waals surface area contributed by atoms with Gasteiger partial charge in [-0.3, -0.25) is 4.79 Å². The third-order valence-corrected chi connectivity index (χ3v) is 6.00. The zero-order valence-electron chi connectivity index (χ0n) is 15.9. The quantitative estimate of drug-likeness (QED) is 0.604. The number of piperidine rings is 1. The highest BCUT2D eigenvalue weighted by Crippen LogP contribution is 2.24. The number of aryl methyl sites for hydroxylation is 1. The fraction of sp³-hybridized carbons (Fsp3) is 0.400. The molecule has 0 aliphatic carbocycles. The number of halogens is 2. The third kappa shape index (κ3) is 4.79. The van der Waals surface area contributed by atoms with Gasteiger partial charge in [0.05, 0.1) is 10.0 Å². The van der Waals surface area contributed by atoms with E-state index in [1.54, 1.807) is 10.8 Å². The molecule has 2 aromatic heterocycles. The number of carbonyl (C=O) groups excluding carboxylic acids is 1. The Hall–Kier alpha value is -2.38. The Kier molecular flexibility index (Phi) is 6.16. The Bertz CT molecular complexity index is 1000. The van der Waals surface area contributed by atoms with Gasteiger partial charge in [0.25, 0.3) is 0 Å². The van der Waals surface area contributed by atoms with Gasteiger partial charge in [-0.05, 0) is 55.5 Å². The Morgan fingerprint density at radius 3 is 2.76 bits per heavy atom. The summed E-state index contributed by atoms with van der Waals surface area (Å²) in [5, 5.41) is 16.6. The molecule has 0 spiro atoms. The van der Waals surface area contributed by atoms with Gasteiger partial charge in [0.2, 0.25) is 5.91 Å². The number of aromatic nitrogens is 4. The van der Waals surface area contributed by atoms with Crippen molar-refractivity contribution in [1.82, 2.24) is 25.1 Å². The first kappa shape index (κ1) is 19.9. The summed E-state index contributed by atoms with van der Waals surface area (Å²) in [6.45, 7) is 2.27. The van der Waals surface area contributed by atoms with Crippen molar-refractivity contribution in [1.29, 1.82) is 0 Å². The number of nitrogens with one attached hydrogen (secondary N) is 1. The van der Waals surface area contributed by atoms with Crippen molar-refractivity contribution in [3.63, 3.8) is 0 Å². The average Bonchev–Trinajstić information content (AvgIpc) is 3.21. The number of benzene rings is 1. The van der Waals surface area contributed by atoms with Crippen LogP contribution in [0.15, 0.2) is 36.7 Å². The minimum absolute atomic E-state index is 0.0508. The molecular weight excluding hydrogens is 411 g/mol. The molecule has 0 radical (unpaired) electrons. The van der Waals surface area contributed by atoms with Gasteiger partial charge in [0.15, 0.2) is 5.65 Å². The molecule has 1 fully saturated rings. The highest BCUT2D eigenvalue weighted by Gasteiger charge is 2.25. The predicted molar refractivity (Wildman–Crippen MR) is 114 cm³/mol. The number of hydrogen-bond acceptors (Lipinski definition) is 5. The van der Waals surface area contributed by atoms with Gasteiger partial charge in [-0.25, -0.2) is 0 Å². The van der Waals surface area contributed by atoms with E-state index in [9.17, 15) is 4.79 Å². The van der Waals surface area contributed by atoms with Crippen LogP contribution in [0.25, 0.3) is 5.65 Å². The maximum atomic E-state index is 12.5. The summed E-state index contributed by atoms with van der Waals surface area (Å²) in [4.78, 5) is 14.7. The van der Waals surface area contributed by atoms with E-state index in [2.05, 4.69) is 25.5 Å². The van der Waals surface area contributed by atoms with Crippen molar-refractivity contribution in [2.45, 2.75) is 25.7 Å². The second-order valence-corrected chi connectivity index (χ2v) is 8.04. The molecule has 29 heavy (non-hydrogen) atoms. The number of amides is 1. The van der Waals surface area contributed by atoms with Crippen molar-refractivity contribution in [3.8, 4) is 0 Å². The summed E-state index contributed by atoms with van der Waals surface area (Å²) in [6, 6.07) is 9.51. The molecule has 1 aromatic carbocycles. The molecule has 1 saturated heterocycles. The van der Waals surface area contributed by atoms with Gasteiger partial charge in [-0.1, -0.05) is 29.3 Å². The zero-order valence-corrected chi connectivity index (χ0v) is 17.4. The molecule has 0 saturated carbocycles. The van der Waals surface area contributed by atoms with Crippen LogP contribution in [-0.4, -0.2) is 45.4 Å². The lowest BCUT2D eigenvalue weighted by atomic mass is 9.96. The number of nitrogens with zero attached hydrogens (tertiary/aromatic N) is 5. The Morgan fingerprint density at radius 1 is 1.14 bits per heavy atom. The van der Waals surface area contributed by atoms with Crippen molar-refractivity contribution < 1.29 is 4.79 Å². The molecule has 0 atom stereocenters. The molecule has 1 aliphatic heterocycles. The van der Waals surface area contributed by atoms with Crippen LogP contribution in [0.3, 0.4) is 0 Å². The van der Waals surface area contributed by atoms with Crippen molar-refractivity contribution in [3.05, 3.63) is 52.3 Å². The highest BCUT2D eigenvalue weighted by atomic mass is 35.5. The number of hydrogen-bond donors (Lipinski definition) is 1. The normalized spacial score (nSPS) is 15.0. The number of carbonyl (C=O) groups is 1. The Morgan fingerprint density at radius 2 is 1.97 bits per heavy atom. The lowest BCUT2D eigenvalue weighted by molar-refractivity contribution is -0.125. The summed E-state index contributed by atoms with van der Waals surface area (Å²) >= 11 is 12.0. The first-order valence-corrected chi connectivity index (χ1v) is 10.5. The summed E-state index contributed by atoms with van der Waals surface area (Å²) in [5.74, 6) is 1.08. The number of rotatable bonds is 6. The van der Waals surface area contributed by atoms with Gasteiger partial charge < -0.3 is 10.2 Å². The fourth-order valence-corrected chi connectivity index (χ4v) is 3.92. The first-order valence-electron chi connectivity index (χ1n) is 9.74. The lowest BCUT2D eigenvalue weighted by Crippen LogP contribution is -2.41. The van der Waals surface area contributed by atoms with Crippen molar-refractivity contribution in [2.24, 2.45) is 5.92 Å². The van der Waals surface area contributed by atoms with Gasteiger partial charge in [-0.15, -0.1) is 15.3 Å². The van der Waals surface area contributed by atoms with E-state index in [1.165, 1.54) is 0 Å². The van der Waals surface area contributed by atoms with E-state index in [4.69, 9.17) is 23.2 Å². The SMILES string of the molecule is O=C(NCCCc1ccc(Cl)c(Cl)c1)C1CCN(c2ccc3nncn3n2)CC1. The monoisotopic (exact) mass is 432 g/mol. The minimum atomic E-state index is 0.0508. The predicted octanol–water partition coefficient (Wildman–Crippen LogP) is 3.40. The van der Waals surface area contributed by atoms with E-state index >= 15 is 0 Å². The van der Waals surface area contributed by atoms with Crippen LogP contribution >= 0.6 is 23.2 Å².